The highest BCUT2D eigenvalue weighted by molar-refractivity contribution is 5.82. The number of carboxylic acid groups (broad SMARTS) is 1. The van der Waals surface area contributed by atoms with E-state index in [-0.39, 0.29) is 18.1 Å². The van der Waals surface area contributed by atoms with Crippen molar-refractivity contribution in [2.75, 3.05) is 0 Å². The maximum absolute atomic E-state index is 12.0. The van der Waals surface area contributed by atoms with Crippen molar-refractivity contribution in [3.8, 4) is 0 Å². The van der Waals surface area contributed by atoms with E-state index in [9.17, 15) is 9.59 Å². The van der Waals surface area contributed by atoms with Crippen molar-refractivity contribution in [2.24, 2.45) is 5.92 Å². The number of carboxylic acids is 1. The Labute approximate surface area is 107 Å². The first-order chi connectivity index (χ1) is 8.58. The van der Waals surface area contributed by atoms with Crippen molar-refractivity contribution in [2.45, 2.75) is 63.7 Å². The lowest BCUT2D eigenvalue weighted by Gasteiger charge is -2.30. The standard InChI is InChI=1S/C13H21NO4/c1-8-6-7-11(18-8)12(15)14-10-5-3-2-4-9(10)13(16)17/h8-11H,2-7H2,1H3,(H,14,15)(H,16,17). The largest absolute Gasteiger partial charge is 0.481 e. The number of carbonyl (C=O) groups excluding carboxylic acids is 1. The van der Waals surface area contributed by atoms with Gasteiger partial charge >= 0.3 is 5.97 Å². The number of ether oxygens (including phenoxy) is 1. The van der Waals surface area contributed by atoms with Gasteiger partial charge in [-0.25, -0.2) is 0 Å². The molecule has 1 amide bonds. The molecule has 2 fully saturated rings. The Morgan fingerprint density at radius 2 is 1.89 bits per heavy atom. The van der Waals surface area contributed by atoms with E-state index in [1.54, 1.807) is 0 Å². The summed E-state index contributed by atoms with van der Waals surface area (Å²) < 4.78 is 5.50. The third-order valence-corrected chi connectivity index (χ3v) is 3.94. The van der Waals surface area contributed by atoms with Gasteiger partial charge in [-0.3, -0.25) is 9.59 Å². The van der Waals surface area contributed by atoms with Crippen LogP contribution in [0.2, 0.25) is 0 Å². The molecule has 2 rings (SSSR count). The summed E-state index contributed by atoms with van der Waals surface area (Å²) in [5, 5.41) is 12.0. The van der Waals surface area contributed by atoms with E-state index in [4.69, 9.17) is 9.84 Å². The van der Waals surface area contributed by atoms with Crippen molar-refractivity contribution in [1.29, 1.82) is 0 Å². The van der Waals surface area contributed by atoms with Crippen LogP contribution in [0.1, 0.15) is 45.4 Å². The molecule has 102 valence electrons. The monoisotopic (exact) mass is 255 g/mol. The second-order valence-electron chi connectivity index (χ2n) is 5.36. The predicted octanol–water partition coefficient (Wildman–Crippen LogP) is 1.31. The Balaban J connectivity index is 1.90. The van der Waals surface area contributed by atoms with E-state index in [1.807, 2.05) is 6.92 Å². The van der Waals surface area contributed by atoms with Crippen LogP contribution in [0.25, 0.3) is 0 Å². The average molecular weight is 255 g/mol. The number of hydrogen-bond donors (Lipinski definition) is 2. The summed E-state index contributed by atoms with van der Waals surface area (Å²) in [6, 6.07) is -0.233. The molecule has 1 saturated heterocycles. The number of hydrogen-bond acceptors (Lipinski definition) is 3. The lowest BCUT2D eigenvalue weighted by molar-refractivity contribution is -0.144. The Morgan fingerprint density at radius 3 is 2.50 bits per heavy atom. The van der Waals surface area contributed by atoms with Crippen LogP contribution in [0.3, 0.4) is 0 Å². The molecule has 4 unspecified atom stereocenters. The van der Waals surface area contributed by atoms with Gasteiger partial charge < -0.3 is 15.2 Å². The van der Waals surface area contributed by atoms with Gasteiger partial charge in [0.25, 0.3) is 0 Å². The zero-order valence-electron chi connectivity index (χ0n) is 10.7. The summed E-state index contributed by atoms with van der Waals surface area (Å²) >= 11 is 0. The summed E-state index contributed by atoms with van der Waals surface area (Å²) in [7, 11) is 0. The lowest BCUT2D eigenvalue weighted by Crippen LogP contribution is -2.48. The highest BCUT2D eigenvalue weighted by atomic mass is 16.5. The number of carbonyl (C=O) groups is 2. The van der Waals surface area contributed by atoms with Crippen molar-refractivity contribution in [3.05, 3.63) is 0 Å². The van der Waals surface area contributed by atoms with Gasteiger partial charge in [0.1, 0.15) is 6.10 Å². The van der Waals surface area contributed by atoms with Crippen LogP contribution in [-0.2, 0) is 14.3 Å². The fourth-order valence-corrected chi connectivity index (χ4v) is 2.87. The van der Waals surface area contributed by atoms with Crippen molar-refractivity contribution in [1.82, 2.24) is 5.32 Å². The van der Waals surface area contributed by atoms with Crippen LogP contribution in [0, 0.1) is 5.92 Å². The second-order valence-corrected chi connectivity index (χ2v) is 5.36. The first-order valence-electron chi connectivity index (χ1n) is 6.76. The van der Waals surface area contributed by atoms with Gasteiger partial charge in [-0.15, -0.1) is 0 Å². The molecular formula is C13H21NO4. The fourth-order valence-electron chi connectivity index (χ4n) is 2.87. The van der Waals surface area contributed by atoms with E-state index >= 15 is 0 Å². The Kier molecular flexibility index (Phi) is 4.22. The fraction of sp³-hybridized carbons (Fsp3) is 0.846. The van der Waals surface area contributed by atoms with E-state index in [1.165, 1.54) is 0 Å². The first kappa shape index (κ1) is 13.3. The van der Waals surface area contributed by atoms with Gasteiger partial charge in [0.2, 0.25) is 5.91 Å². The third-order valence-electron chi connectivity index (χ3n) is 3.94. The van der Waals surface area contributed by atoms with Crippen molar-refractivity contribution < 1.29 is 19.4 Å². The summed E-state index contributed by atoms with van der Waals surface area (Å²) in [6.45, 7) is 1.95. The highest BCUT2D eigenvalue weighted by Crippen LogP contribution is 2.26. The normalized spacial score (nSPS) is 36.3. The smallest absolute Gasteiger partial charge is 0.308 e. The van der Waals surface area contributed by atoms with Crippen LogP contribution in [0.4, 0.5) is 0 Å². The molecule has 1 aliphatic carbocycles. The zero-order valence-corrected chi connectivity index (χ0v) is 10.7. The van der Waals surface area contributed by atoms with E-state index in [0.29, 0.717) is 6.42 Å². The summed E-state index contributed by atoms with van der Waals surface area (Å²) in [4.78, 5) is 23.1. The topological polar surface area (TPSA) is 75.6 Å². The lowest BCUT2D eigenvalue weighted by atomic mass is 9.84. The molecule has 1 heterocycles. The molecule has 0 aromatic rings. The minimum atomic E-state index is -0.805. The molecule has 0 radical (unpaired) electrons. The van der Waals surface area contributed by atoms with Gasteiger partial charge in [-0.1, -0.05) is 12.8 Å². The summed E-state index contributed by atoms with van der Waals surface area (Å²) in [6.07, 6.45) is 4.69. The third kappa shape index (κ3) is 3.02. The van der Waals surface area contributed by atoms with Gasteiger partial charge in [-0.05, 0) is 32.6 Å². The maximum Gasteiger partial charge on any atom is 0.308 e. The Morgan fingerprint density at radius 1 is 1.17 bits per heavy atom. The molecule has 0 bridgehead atoms. The van der Waals surface area contributed by atoms with Crippen LogP contribution < -0.4 is 5.32 Å². The van der Waals surface area contributed by atoms with Crippen molar-refractivity contribution in [3.63, 3.8) is 0 Å². The maximum atomic E-state index is 12.0. The van der Waals surface area contributed by atoms with Crippen molar-refractivity contribution >= 4 is 11.9 Å². The summed E-state index contributed by atoms with van der Waals surface area (Å²) in [5.74, 6) is -1.39. The van der Waals surface area contributed by atoms with Crippen LogP contribution in [0.15, 0.2) is 0 Å². The Hall–Kier alpha value is -1.10. The van der Waals surface area contributed by atoms with Gasteiger partial charge in [0, 0.05) is 6.04 Å². The molecule has 4 atom stereocenters. The minimum absolute atomic E-state index is 0.127. The van der Waals surface area contributed by atoms with Gasteiger partial charge in [-0.2, -0.15) is 0 Å². The molecule has 5 heteroatoms. The Bertz CT molecular complexity index is 331. The van der Waals surface area contributed by atoms with E-state index < -0.39 is 18.0 Å². The molecule has 1 aliphatic heterocycles. The summed E-state index contributed by atoms with van der Waals surface area (Å²) in [5.41, 5.74) is 0. The minimum Gasteiger partial charge on any atom is -0.481 e. The number of nitrogens with one attached hydrogen (secondary N) is 1. The number of aliphatic carboxylic acids is 1. The molecule has 0 aromatic heterocycles. The second kappa shape index (κ2) is 5.69. The quantitative estimate of drug-likeness (QED) is 0.797. The first-order valence-corrected chi connectivity index (χ1v) is 6.76. The molecule has 2 aliphatic rings. The molecular weight excluding hydrogens is 234 g/mol. The molecule has 18 heavy (non-hydrogen) atoms. The number of amides is 1. The van der Waals surface area contributed by atoms with Crippen LogP contribution >= 0.6 is 0 Å². The predicted molar refractivity (Wildman–Crippen MR) is 65.1 cm³/mol. The SMILES string of the molecule is CC1CCC(C(=O)NC2CCCCC2C(=O)O)O1. The molecule has 0 aromatic carbocycles. The van der Waals surface area contributed by atoms with Gasteiger partial charge in [0.15, 0.2) is 0 Å². The van der Waals surface area contributed by atoms with E-state index in [0.717, 1.165) is 32.1 Å². The molecule has 2 N–H and O–H groups in total. The average Bonchev–Trinajstić information content (AvgIpc) is 2.76. The highest BCUT2D eigenvalue weighted by Gasteiger charge is 2.35. The molecule has 5 nitrogen and oxygen atoms in total. The zero-order chi connectivity index (χ0) is 13.1. The number of rotatable bonds is 3. The van der Waals surface area contributed by atoms with E-state index in [2.05, 4.69) is 5.32 Å². The molecule has 1 saturated carbocycles. The molecule has 0 spiro atoms. The van der Waals surface area contributed by atoms with Crippen LogP contribution in [-0.4, -0.2) is 35.2 Å². The van der Waals surface area contributed by atoms with Gasteiger partial charge in [0.05, 0.1) is 12.0 Å². The van der Waals surface area contributed by atoms with Crippen LogP contribution in [0.5, 0.6) is 0 Å².